The molecule has 0 aliphatic carbocycles. The van der Waals surface area contributed by atoms with Gasteiger partial charge in [0.2, 0.25) is 0 Å². The third-order valence-corrected chi connectivity index (χ3v) is 15.4. The van der Waals surface area contributed by atoms with Gasteiger partial charge in [0.05, 0.1) is 39.7 Å². The zero-order chi connectivity index (χ0) is 65.7. The SMILES string of the molecule is CC(C)(C)c1ccc(N(c2ccc(/C=C/c3ccnc(-c4cc(/C=C/c5ccc(N(c6ccc(C(C)(C)C)cc6)c6ccc(C(C)(C)C)cc6)cc5)cc(-c5cccc(-c6cc(C(=O)O)ccn6)n5)n4)c3)cc2)c2ccc(C(C)(C)C)cc2)cc1.[N-]=C=S.[N-]=C=S.[Ru+2]. The summed E-state index contributed by atoms with van der Waals surface area (Å²) in [7, 11) is 0. The largest absolute Gasteiger partial charge is 2.00 e. The summed E-state index contributed by atoms with van der Waals surface area (Å²) in [5.74, 6) is -1.03. The van der Waals surface area contributed by atoms with Gasteiger partial charge in [-0.25, -0.2) is 14.8 Å². The van der Waals surface area contributed by atoms with E-state index in [1.165, 1.54) is 50.9 Å². The van der Waals surface area contributed by atoms with E-state index in [0.717, 1.165) is 56.4 Å². The van der Waals surface area contributed by atoms with E-state index >= 15 is 0 Å². The average Bonchev–Trinajstić information content (AvgIpc) is 0.849. The van der Waals surface area contributed by atoms with Crippen LogP contribution in [0.5, 0.6) is 0 Å². The maximum Gasteiger partial charge on any atom is 2.00 e. The molecule has 10 rings (SSSR count). The van der Waals surface area contributed by atoms with Crippen LogP contribution in [0.3, 0.4) is 0 Å². The van der Waals surface area contributed by atoms with Crippen molar-refractivity contribution in [3.8, 4) is 34.2 Å². The van der Waals surface area contributed by atoms with E-state index in [0.29, 0.717) is 34.2 Å². The Morgan fingerprint density at radius 2 is 0.652 bits per heavy atom. The van der Waals surface area contributed by atoms with Gasteiger partial charge < -0.3 is 25.7 Å². The Labute approximate surface area is 566 Å². The summed E-state index contributed by atoms with van der Waals surface area (Å²) in [5, 5.41) is 26.7. The number of carboxylic acid groups (broad SMARTS) is 1. The molecule has 0 spiro atoms. The first-order valence-electron chi connectivity index (χ1n) is 30.0. The van der Waals surface area contributed by atoms with Gasteiger partial charge >= 0.3 is 25.4 Å². The summed E-state index contributed by atoms with van der Waals surface area (Å²) >= 11 is 7.40. The predicted molar refractivity (Wildman–Crippen MR) is 388 cm³/mol. The van der Waals surface area contributed by atoms with E-state index in [1.54, 1.807) is 0 Å². The maximum absolute atomic E-state index is 11.9. The molecule has 0 bridgehead atoms. The van der Waals surface area contributed by atoms with Crippen molar-refractivity contribution in [2.45, 2.75) is 105 Å². The average molecular weight is 1330 g/mol. The van der Waals surface area contributed by atoms with Crippen LogP contribution in [0.1, 0.15) is 138 Å². The topological polar surface area (TPSA) is 140 Å². The second-order valence-corrected chi connectivity index (χ2v) is 26.5. The second kappa shape index (κ2) is 30.7. The minimum atomic E-state index is -1.03. The Balaban J connectivity index is 0.00000165. The van der Waals surface area contributed by atoms with Gasteiger partial charge in [0.1, 0.15) is 0 Å². The van der Waals surface area contributed by atoms with Crippen molar-refractivity contribution in [3.63, 3.8) is 0 Å². The van der Waals surface area contributed by atoms with Crippen molar-refractivity contribution in [1.29, 1.82) is 0 Å². The normalized spacial score (nSPS) is 11.5. The third kappa shape index (κ3) is 18.4. The number of hydrogen-bond acceptors (Lipinski definition) is 9. The molecular formula is C79H76N8O2RuS2. The van der Waals surface area contributed by atoms with Crippen LogP contribution in [0.2, 0.25) is 0 Å². The van der Waals surface area contributed by atoms with E-state index in [9.17, 15) is 9.90 Å². The van der Waals surface area contributed by atoms with E-state index in [-0.39, 0.29) is 46.7 Å². The number of nitrogens with zero attached hydrogens (tertiary/aromatic N) is 8. The van der Waals surface area contributed by atoms with Gasteiger partial charge in [-0.3, -0.25) is 9.97 Å². The third-order valence-electron chi connectivity index (χ3n) is 15.4. The number of aromatic carboxylic acids is 1. The van der Waals surface area contributed by atoms with Crippen molar-refractivity contribution < 1.29 is 29.4 Å². The minimum absolute atomic E-state index is 0. The zero-order valence-electron chi connectivity index (χ0n) is 54.1. The molecule has 0 amide bonds. The Kier molecular flexibility index (Phi) is 23.4. The maximum atomic E-state index is 11.9. The Bertz CT molecular complexity index is 4130. The number of carboxylic acids is 1. The fraction of sp³-hybridized carbons (Fsp3) is 0.203. The number of hydrogen-bond donors (Lipinski definition) is 1. The van der Waals surface area contributed by atoms with Gasteiger partial charge in [0, 0.05) is 46.5 Å². The van der Waals surface area contributed by atoms with Crippen LogP contribution in [0.15, 0.2) is 213 Å². The number of anilines is 6. The minimum Gasteiger partial charge on any atom is -0.753 e. The summed E-state index contributed by atoms with van der Waals surface area (Å²) in [6, 6.07) is 69.7. The Hall–Kier alpha value is -9.31. The van der Waals surface area contributed by atoms with Crippen molar-refractivity contribution in [2.24, 2.45) is 0 Å². The van der Waals surface area contributed by atoms with Gasteiger partial charge in [0.15, 0.2) is 0 Å². The number of rotatable bonds is 14. The molecule has 13 heteroatoms. The molecule has 0 aliphatic heterocycles. The van der Waals surface area contributed by atoms with E-state index in [2.05, 4.69) is 298 Å². The predicted octanol–water partition coefficient (Wildman–Crippen LogP) is 21.8. The number of isothiocyanates is 2. The quantitative estimate of drug-likeness (QED) is 0.0636. The number of benzene rings is 6. The first-order chi connectivity index (χ1) is 43.3. The molecule has 6 aromatic carbocycles. The zero-order valence-corrected chi connectivity index (χ0v) is 57.5. The molecule has 0 unspecified atom stereocenters. The molecule has 0 saturated carbocycles. The molecule has 92 heavy (non-hydrogen) atoms. The van der Waals surface area contributed by atoms with Crippen LogP contribution >= 0.6 is 24.4 Å². The summed E-state index contributed by atoms with van der Waals surface area (Å²) in [4.78, 5) is 36.1. The van der Waals surface area contributed by atoms with Crippen molar-refractivity contribution in [3.05, 3.63) is 273 Å². The summed E-state index contributed by atoms with van der Waals surface area (Å²) in [5.41, 5.74) is 19.5. The fourth-order valence-corrected chi connectivity index (χ4v) is 10.2. The van der Waals surface area contributed by atoms with Crippen molar-refractivity contribution >= 4 is 99.2 Å². The molecule has 4 aromatic heterocycles. The van der Waals surface area contributed by atoms with Crippen LogP contribution in [0.4, 0.5) is 34.1 Å². The Morgan fingerprint density at radius 3 is 1.00 bits per heavy atom. The number of thiocarbonyl (C=S) groups is 2. The molecule has 10 aromatic rings. The summed E-state index contributed by atoms with van der Waals surface area (Å²) in [6.45, 7) is 26.9. The van der Waals surface area contributed by atoms with Gasteiger partial charge in [-0.15, -0.1) is 0 Å². The molecule has 0 fully saturated rings. The Morgan fingerprint density at radius 1 is 0.380 bits per heavy atom. The van der Waals surface area contributed by atoms with E-state index < -0.39 is 5.97 Å². The second-order valence-electron chi connectivity index (χ2n) is 26.2. The van der Waals surface area contributed by atoms with E-state index in [1.807, 2.05) is 42.6 Å². The molecule has 0 aliphatic rings. The molecule has 464 valence electrons. The van der Waals surface area contributed by atoms with Crippen LogP contribution in [0.25, 0.3) is 69.3 Å². The number of carbonyl (C=O) groups is 1. The first-order valence-corrected chi connectivity index (χ1v) is 30.8. The molecule has 10 nitrogen and oxygen atoms in total. The molecular weight excluding hydrogens is 1260 g/mol. The number of aromatic nitrogens is 4. The van der Waals surface area contributed by atoms with Crippen LogP contribution in [0, 0.1) is 0 Å². The standard InChI is InChI=1S/C77H76N6O2.2CNS.Ru/c1-74(2,3)57-24-36-63(37-25-57)82(64-38-26-58(27-39-64)75(4,5)6)61-32-20-52(21-33-61)16-18-54-44-46-78-69(48-54)72-50-55(49-71(81-72)68-15-13-14-67(80-68)70-51-56(73(84)85)45-47-79-70)19-17-53-22-34-62(35-23-53)83(65-40-28-59(29-41-65)76(7,8)9)66-42-30-60(31-43-66)77(10,11)12;2*2-1-3;/h13-51H,1-12H3,(H,84,85);;;/q;2*-1;+2/b18-16+,19-17+;;;. The summed E-state index contributed by atoms with van der Waals surface area (Å²) < 4.78 is 0. The van der Waals surface area contributed by atoms with Crippen LogP contribution < -0.4 is 9.80 Å². The van der Waals surface area contributed by atoms with E-state index in [4.69, 9.17) is 25.8 Å². The fourth-order valence-electron chi connectivity index (χ4n) is 10.2. The molecule has 0 atom stereocenters. The van der Waals surface area contributed by atoms with Gasteiger partial charge in [-0.1, -0.05) is 211 Å². The van der Waals surface area contributed by atoms with Gasteiger partial charge in [-0.05, 0) is 187 Å². The first kappa shape index (κ1) is 70.2. The van der Waals surface area contributed by atoms with Crippen LogP contribution in [-0.2, 0) is 41.1 Å². The van der Waals surface area contributed by atoms with Gasteiger partial charge in [-0.2, -0.15) is 10.3 Å². The van der Waals surface area contributed by atoms with Crippen LogP contribution in [-0.4, -0.2) is 41.3 Å². The monoisotopic (exact) mass is 1330 g/mol. The molecule has 1 N–H and O–H groups in total. The molecule has 0 saturated heterocycles. The summed E-state index contributed by atoms with van der Waals surface area (Å²) in [6.07, 6.45) is 11.7. The molecule has 4 heterocycles. The van der Waals surface area contributed by atoms with Gasteiger partial charge in [0.25, 0.3) is 0 Å². The van der Waals surface area contributed by atoms with Crippen molar-refractivity contribution in [1.82, 2.24) is 19.9 Å². The molecule has 0 radical (unpaired) electrons. The van der Waals surface area contributed by atoms with Crippen molar-refractivity contribution in [2.75, 3.05) is 9.80 Å². The number of pyridine rings is 4. The smallest absolute Gasteiger partial charge is 0.753 e.